The number of hydrogen-bond donors (Lipinski definition) is 1. The highest BCUT2D eigenvalue weighted by atomic mass is 32.1. The van der Waals surface area contributed by atoms with Gasteiger partial charge < -0.3 is 10.6 Å². The average Bonchev–Trinajstić information content (AvgIpc) is 3.13. The molecule has 0 atom stereocenters. The molecule has 3 nitrogen and oxygen atoms in total. The Morgan fingerprint density at radius 3 is 2.53 bits per heavy atom. The van der Waals surface area contributed by atoms with Crippen LogP contribution in [0.15, 0.2) is 18.3 Å². The van der Waals surface area contributed by atoms with E-state index in [0.29, 0.717) is 11.0 Å². The first-order chi connectivity index (χ1) is 8.88. The van der Waals surface area contributed by atoms with Crippen molar-refractivity contribution >= 4 is 23.0 Å². The van der Waals surface area contributed by atoms with Crippen LogP contribution in [0.1, 0.15) is 45.6 Å². The van der Waals surface area contributed by atoms with E-state index < -0.39 is 0 Å². The molecule has 0 aliphatic heterocycles. The Balaban J connectivity index is 2.11. The molecule has 1 aromatic rings. The Morgan fingerprint density at radius 2 is 2.11 bits per heavy atom. The number of hydrogen-bond acceptors (Lipinski definition) is 3. The van der Waals surface area contributed by atoms with E-state index in [1.54, 1.807) is 0 Å². The van der Waals surface area contributed by atoms with Gasteiger partial charge in [-0.3, -0.25) is 0 Å². The van der Waals surface area contributed by atoms with Crippen molar-refractivity contribution in [2.75, 3.05) is 11.4 Å². The van der Waals surface area contributed by atoms with Gasteiger partial charge in [0.25, 0.3) is 0 Å². The maximum absolute atomic E-state index is 5.60. The molecular weight excluding hydrogens is 254 g/mol. The van der Waals surface area contributed by atoms with Crippen LogP contribution in [0.2, 0.25) is 0 Å². The molecule has 2 rings (SSSR count). The highest BCUT2D eigenvalue weighted by Crippen LogP contribution is 2.31. The summed E-state index contributed by atoms with van der Waals surface area (Å²) in [6.45, 7) is 7.49. The van der Waals surface area contributed by atoms with E-state index in [9.17, 15) is 0 Å². The third kappa shape index (κ3) is 3.90. The number of thiocarbonyl (C=S) groups is 1. The Bertz CT molecular complexity index is 443. The van der Waals surface area contributed by atoms with Gasteiger partial charge in [-0.25, -0.2) is 4.98 Å². The highest BCUT2D eigenvalue weighted by Gasteiger charge is 2.29. The molecule has 0 bridgehead atoms. The van der Waals surface area contributed by atoms with Gasteiger partial charge in [-0.1, -0.05) is 39.1 Å². The summed E-state index contributed by atoms with van der Waals surface area (Å²) >= 11 is 4.97. The van der Waals surface area contributed by atoms with Gasteiger partial charge in [0.2, 0.25) is 0 Å². The summed E-state index contributed by atoms with van der Waals surface area (Å²) in [6.07, 6.45) is 5.25. The largest absolute Gasteiger partial charge is 0.393 e. The molecule has 0 radical (unpaired) electrons. The second-order valence-electron chi connectivity index (χ2n) is 6.30. The van der Waals surface area contributed by atoms with Gasteiger partial charge in [-0.05, 0) is 29.9 Å². The van der Waals surface area contributed by atoms with E-state index >= 15 is 0 Å². The Morgan fingerprint density at radius 1 is 1.42 bits per heavy atom. The van der Waals surface area contributed by atoms with E-state index in [0.717, 1.165) is 18.8 Å². The van der Waals surface area contributed by atoms with Crippen molar-refractivity contribution < 1.29 is 0 Å². The van der Waals surface area contributed by atoms with Crippen LogP contribution in [-0.4, -0.2) is 22.6 Å². The molecule has 0 unspecified atom stereocenters. The van der Waals surface area contributed by atoms with E-state index in [1.165, 1.54) is 18.4 Å². The van der Waals surface area contributed by atoms with Crippen LogP contribution < -0.4 is 10.6 Å². The van der Waals surface area contributed by atoms with Crippen molar-refractivity contribution in [1.82, 2.24) is 4.98 Å². The zero-order valence-electron chi connectivity index (χ0n) is 12.0. The predicted molar refractivity (Wildman–Crippen MR) is 84.7 cm³/mol. The van der Waals surface area contributed by atoms with Gasteiger partial charge in [-0.2, -0.15) is 0 Å². The van der Waals surface area contributed by atoms with Crippen molar-refractivity contribution in [3.05, 3.63) is 23.9 Å². The van der Waals surface area contributed by atoms with Crippen LogP contribution in [0.4, 0.5) is 5.82 Å². The lowest BCUT2D eigenvalue weighted by atomic mass is 9.88. The monoisotopic (exact) mass is 277 g/mol. The summed E-state index contributed by atoms with van der Waals surface area (Å²) in [6, 6.07) is 4.93. The van der Waals surface area contributed by atoms with E-state index in [2.05, 4.69) is 42.8 Å². The molecular formula is C15H23N3S. The molecule has 0 aromatic carbocycles. The molecule has 1 aromatic heterocycles. The molecule has 2 N–H and O–H groups in total. The lowest BCUT2D eigenvalue weighted by Gasteiger charge is -2.25. The van der Waals surface area contributed by atoms with Crippen LogP contribution in [0.25, 0.3) is 0 Å². The van der Waals surface area contributed by atoms with E-state index in [1.807, 2.05) is 6.20 Å². The summed E-state index contributed by atoms with van der Waals surface area (Å²) < 4.78 is 0. The van der Waals surface area contributed by atoms with Crippen molar-refractivity contribution in [3.8, 4) is 0 Å². The molecule has 0 saturated heterocycles. The molecule has 19 heavy (non-hydrogen) atoms. The van der Waals surface area contributed by atoms with Crippen molar-refractivity contribution in [3.63, 3.8) is 0 Å². The fourth-order valence-electron chi connectivity index (χ4n) is 2.10. The van der Waals surface area contributed by atoms with Crippen LogP contribution in [-0.2, 0) is 5.41 Å². The topological polar surface area (TPSA) is 42.1 Å². The summed E-state index contributed by atoms with van der Waals surface area (Å²) in [5, 5.41) is 0. The first-order valence-corrected chi connectivity index (χ1v) is 7.30. The lowest BCUT2D eigenvalue weighted by molar-refractivity contribution is 0.587. The highest BCUT2D eigenvalue weighted by molar-refractivity contribution is 7.80. The van der Waals surface area contributed by atoms with Gasteiger partial charge in [-0.15, -0.1) is 0 Å². The molecule has 1 aliphatic rings. The Hall–Kier alpha value is -1.16. The van der Waals surface area contributed by atoms with Crippen LogP contribution in [0.5, 0.6) is 0 Å². The minimum absolute atomic E-state index is 0.148. The zero-order chi connectivity index (χ0) is 14.0. The average molecular weight is 277 g/mol. The van der Waals surface area contributed by atoms with E-state index in [4.69, 9.17) is 18.0 Å². The third-order valence-corrected chi connectivity index (χ3v) is 3.70. The predicted octanol–water partition coefficient (Wildman–Crippen LogP) is 3.02. The smallest absolute Gasteiger partial charge is 0.128 e. The lowest BCUT2D eigenvalue weighted by Crippen LogP contribution is -2.30. The normalized spacial score (nSPS) is 15.3. The molecule has 1 fully saturated rings. The number of pyridine rings is 1. The van der Waals surface area contributed by atoms with Gasteiger partial charge >= 0.3 is 0 Å². The fourth-order valence-corrected chi connectivity index (χ4v) is 2.19. The molecule has 104 valence electrons. The van der Waals surface area contributed by atoms with Crippen molar-refractivity contribution in [1.29, 1.82) is 0 Å². The Kier molecular flexibility index (Phi) is 4.09. The standard InChI is InChI=1S/C15H23N3S/c1-15(2,3)11-4-7-14(17-10-11)18(12-5-6-12)9-8-13(16)19/h4,7,10,12H,5-6,8-9H2,1-3H3,(H2,16,19). The summed E-state index contributed by atoms with van der Waals surface area (Å²) in [4.78, 5) is 7.55. The molecule has 0 amide bonds. The quantitative estimate of drug-likeness (QED) is 0.840. The van der Waals surface area contributed by atoms with Crippen LogP contribution >= 0.6 is 12.2 Å². The number of nitrogens with zero attached hydrogens (tertiary/aromatic N) is 2. The molecule has 1 heterocycles. The summed E-state index contributed by atoms with van der Waals surface area (Å²) in [7, 11) is 0. The second kappa shape index (κ2) is 5.45. The van der Waals surface area contributed by atoms with E-state index in [-0.39, 0.29) is 5.41 Å². The summed E-state index contributed by atoms with van der Waals surface area (Å²) in [5.41, 5.74) is 7.02. The maximum Gasteiger partial charge on any atom is 0.128 e. The van der Waals surface area contributed by atoms with Crippen LogP contribution in [0, 0.1) is 0 Å². The number of aromatic nitrogens is 1. The second-order valence-corrected chi connectivity index (χ2v) is 6.82. The van der Waals surface area contributed by atoms with Crippen molar-refractivity contribution in [2.45, 2.75) is 51.5 Å². The van der Waals surface area contributed by atoms with Gasteiger partial charge in [0.05, 0.1) is 4.99 Å². The summed E-state index contributed by atoms with van der Waals surface area (Å²) in [5.74, 6) is 1.05. The van der Waals surface area contributed by atoms with Crippen LogP contribution in [0.3, 0.4) is 0 Å². The molecule has 1 aliphatic carbocycles. The third-order valence-electron chi connectivity index (χ3n) is 3.49. The van der Waals surface area contributed by atoms with Gasteiger partial charge in [0.1, 0.15) is 5.82 Å². The van der Waals surface area contributed by atoms with Gasteiger partial charge in [0.15, 0.2) is 0 Å². The number of anilines is 1. The zero-order valence-corrected chi connectivity index (χ0v) is 12.8. The Labute approximate surface area is 121 Å². The molecule has 4 heteroatoms. The number of nitrogens with two attached hydrogens (primary N) is 1. The SMILES string of the molecule is CC(C)(C)c1ccc(N(CCC(N)=S)C2CC2)nc1. The first kappa shape index (κ1) is 14.3. The van der Waals surface area contributed by atoms with Crippen molar-refractivity contribution in [2.24, 2.45) is 5.73 Å². The fraction of sp³-hybridized carbons (Fsp3) is 0.600. The number of rotatable bonds is 5. The van der Waals surface area contributed by atoms with Gasteiger partial charge in [0, 0.05) is 25.2 Å². The maximum atomic E-state index is 5.60. The molecule has 0 spiro atoms. The minimum Gasteiger partial charge on any atom is -0.393 e. The molecule has 1 saturated carbocycles. The minimum atomic E-state index is 0.148. The first-order valence-electron chi connectivity index (χ1n) is 6.89.